The van der Waals surface area contributed by atoms with Gasteiger partial charge in [-0.25, -0.2) is 9.59 Å². The lowest BCUT2D eigenvalue weighted by molar-refractivity contribution is -0.144. The molecule has 7 heteroatoms. The van der Waals surface area contributed by atoms with Crippen LogP contribution in [0.25, 0.3) is 0 Å². The summed E-state index contributed by atoms with van der Waals surface area (Å²) in [5.74, 6) is -0.270. The van der Waals surface area contributed by atoms with E-state index in [1.807, 2.05) is 6.92 Å². The van der Waals surface area contributed by atoms with Crippen molar-refractivity contribution in [2.24, 2.45) is 0 Å². The standard InChI is InChI=1S/C17H22N2O5/c1-5-9(2)24-16(21)14-10(3)18-17(22)19-15(14)11-6-7-13(23-4)12(20)8-11/h6-9,15,20H,5H2,1-4H3,(H2,18,19,22)/t9-,15+/m1/s1. The molecule has 0 aliphatic carbocycles. The predicted molar refractivity (Wildman–Crippen MR) is 87.6 cm³/mol. The number of hydrogen-bond donors (Lipinski definition) is 3. The second-order valence-corrected chi connectivity index (χ2v) is 5.63. The van der Waals surface area contributed by atoms with Gasteiger partial charge in [0.25, 0.3) is 0 Å². The predicted octanol–water partition coefficient (Wildman–Crippen LogP) is 2.37. The van der Waals surface area contributed by atoms with Gasteiger partial charge in [0, 0.05) is 5.70 Å². The maximum atomic E-state index is 12.5. The highest BCUT2D eigenvalue weighted by Gasteiger charge is 2.33. The van der Waals surface area contributed by atoms with Gasteiger partial charge in [-0.2, -0.15) is 0 Å². The zero-order valence-corrected chi connectivity index (χ0v) is 14.2. The average Bonchev–Trinajstić information content (AvgIpc) is 2.53. The average molecular weight is 334 g/mol. The molecule has 130 valence electrons. The minimum absolute atomic E-state index is 0.0740. The van der Waals surface area contributed by atoms with E-state index in [-0.39, 0.29) is 11.9 Å². The number of carbonyl (C=O) groups is 2. The molecule has 1 aliphatic heterocycles. The maximum absolute atomic E-state index is 12.5. The van der Waals surface area contributed by atoms with Gasteiger partial charge in [0.05, 0.1) is 24.8 Å². The molecule has 1 aromatic carbocycles. The number of phenolic OH excluding ortho intramolecular Hbond substituents is 1. The summed E-state index contributed by atoms with van der Waals surface area (Å²) in [7, 11) is 1.44. The molecule has 2 amide bonds. The Bertz CT molecular complexity index is 684. The number of methoxy groups -OCH3 is 1. The third-order valence-corrected chi connectivity index (χ3v) is 3.91. The Morgan fingerprint density at radius 1 is 1.42 bits per heavy atom. The minimum atomic E-state index is -0.716. The summed E-state index contributed by atoms with van der Waals surface area (Å²) in [5.41, 5.74) is 1.28. The van der Waals surface area contributed by atoms with Crippen LogP contribution in [0.1, 0.15) is 38.8 Å². The van der Waals surface area contributed by atoms with E-state index in [2.05, 4.69) is 10.6 Å². The van der Waals surface area contributed by atoms with Crippen LogP contribution in [0.15, 0.2) is 29.5 Å². The molecule has 0 fully saturated rings. The highest BCUT2D eigenvalue weighted by atomic mass is 16.5. The summed E-state index contributed by atoms with van der Waals surface area (Å²) in [5, 5.41) is 15.2. The molecule has 24 heavy (non-hydrogen) atoms. The molecule has 0 saturated heterocycles. The molecular formula is C17H22N2O5. The number of urea groups is 1. The van der Waals surface area contributed by atoms with Gasteiger partial charge in [0.15, 0.2) is 11.5 Å². The van der Waals surface area contributed by atoms with Gasteiger partial charge >= 0.3 is 12.0 Å². The molecule has 0 saturated carbocycles. The van der Waals surface area contributed by atoms with Crippen LogP contribution in [0.2, 0.25) is 0 Å². The second kappa shape index (κ2) is 7.25. The summed E-state index contributed by atoms with van der Waals surface area (Å²) >= 11 is 0. The zero-order chi connectivity index (χ0) is 17.9. The number of hydrogen-bond acceptors (Lipinski definition) is 5. The fraction of sp³-hybridized carbons (Fsp3) is 0.412. The lowest BCUT2D eigenvalue weighted by Crippen LogP contribution is -2.45. The van der Waals surface area contributed by atoms with Crippen molar-refractivity contribution in [3.05, 3.63) is 35.0 Å². The van der Waals surface area contributed by atoms with Crippen LogP contribution in [0.3, 0.4) is 0 Å². The quantitative estimate of drug-likeness (QED) is 0.718. The van der Waals surface area contributed by atoms with Gasteiger partial charge in [0.2, 0.25) is 0 Å². The molecule has 1 aromatic rings. The SMILES string of the molecule is CC[C@@H](C)OC(=O)C1=C(C)NC(=O)N[C@H]1c1ccc(OC)c(O)c1. The highest BCUT2D eigenvalue weighted by Crippen LogP contribution is 2.33. The largest absolute Gasteiger partial charge is 0.504 e. The van der Waals surface area contributed by atoms with E-state index in [0.29, 0.717) is 29.0 Å². The van der Waals surface area contributed by atoms with E-state index in [1.54, 1.807) is 26.0 Å². The molecule has 0 aromatic heterocycles. The number of allylic oxidation sites excluding steroid dienone is 1. The van der Waals surface area contributed by atoms with E-state index in [1.165, 1.54) is 13.2 Å². The van der Waals surface area contributed by atoms with Crippen LogP contribution in [-0.2, 0) is 9.53 Å². The first-order valence-electron chi connectivity index (χ1n) is 7.73. The number of nitrogens with one attached hydrogen (secondary N) is 2. The van der Waals surface area contributed by atoms with E-state index < -0.39 is 18.0 Å². The monoisotopic (exact) mass is 334 g/mol. The minimum Gasteiger partial charge on any atom is -0.504 e. The van der Waals surface area contributed by atoms with Gasteiger partial charge in [-0.3, -0.25) is 0 Å². The fourth-order valence-corrected chi connectivity index (χ4v) is 2.43. The topological polar surface area (TPSA) is 96.9 Å². The lowest BCUT2D eigenvalue weighted by atomic mass is 9.95. The number of esters is 1. The van der Waals surface area contributed by atoms with E-state index in [4.69, 9.17) is 9.47 Å². The Morgan fingerprint density at radius 2 is 2.12 bits per heavy atom. The summed E-state index contributed by atoms with van der Waals surface area (Å²) < 4.78 is 10.4. The van der Waals surface area contributed by atoms with Gasteiger partial charge in [-0.05, 0) is 38.0 Å². The van der Waals surface area contributed by atoms with Crippen molar-refractivity contribution < 1.29 is 24.2 Å². The Morgan fingerprint density at radius 3 is 2.71 bits per heavy atom. The molecule has 0 radical (unpaired) electrons. The molecule has 1 aliphatic rings. The molecule has 7 nitrogen and oxygen atoms in total. The van der Waals surface area contributed by atoms with E-state index in [9.17, 15) is 14.7 Å². The van der Waals surface area contributed by atoms with Crippen LogP contribution in [0.4, 0.5) is 4.79 Å². The summed E-state index contributed by atoms with van der Waals surface area (Å²) in [6.07, 6.45) is 0.451. The first-order chi connectivity index (χ1) is 11.4. The number of ether oxygens (including phenoxy) is 2. The Balaban J connectivity index is 2.41. The number of amides is 2. The number of phenols is 1. The van der Waals surface area contributed by atoms with E-state index >= 15 is 0 Å². The zero-order valence-electron chi connectivity index (χ0n) is 14.2. The molecule has 0 unspecified atom stereocenters. The Kier molecular flexibility index (Phi) is 5.33. The summed E-state index contributed by atoms with van der Waals surface area (Å²) in [6, 6.07) is 3.57. The van der Waals surface area contributed by atoms with Crippen molar-refractivity contribution in [2.75, 3.05) is 7.11 Å². The second-order valence-electron chi connectivity index (χ2n) is 5.63. The highest BCUT2D eigenvalue weighted by molar-refractivity contribution is 5.95. The van der Waals surface area contributed by atoms with Gasteiger partial charge in [-0.1, -0.05) is 13.0 Å². The lowest BCUT2D eigenvalue weighted by Gasteiger charge is -2.29. The van der Waals surface area contributed by atoms with Crippen molar-refractivity contribution in [1.29, 1.82) is 0 Å². The van der Waals surface area contributed by atoms with Gasteiger partial charge in [0.1, 0.15) is 0 Å². The van der Waals surface area contributed by atoms with Crippen LogP contribution < -0.4 is 15.4 Å². The molecule has 1 heterocycles. The van der Waals surface area contributed by atoms with Gasteiger partial charge in [-0.15, -0.1) is 0 Å². The number of aromatic hydroxyl groups is 1. The third-order valence-electron chi connectivity index (χ3n) is 3.91. The molecule has 2 atom stereocenters. The van der Waals surface area contributed by atoms with E-state index in [0.717, 1.165) is 0 Å². The van der Waals surface area contributed by atoms with Crippen molar-refractivity contribution >= 4 is 12.0 Å². The molecular weight excluding hydrogens is 312 g/mol. The fourth-order valence-electron chi connectivity index (χ4n) is 2.43. The molecule has 2 rings (SSSR count). The van der Waals surface area contributed by atoms with Crippen molar-refractivity contribution in [3.8, 4) is 11.5 Å². The Hall–Kier alpha value is -2.70. The van der Waals surface area contributed by atoms with Crippen LogP contribution in [0, 0.1) is 0 Å². The summed E-state index contributed by atoms with van der Waals surface area (Å²) in [6.45, 7) is 5.36. The van der Waals surface area contributed by atoms with Crippen molar-refractivity contribution in [1.82, 2.24) is 10.6 Å². The molecule has 0 bridgehead atoms. The van der Waals surface area contributed by atoms with Crippen LogP contribution in [0.5, 0.6) is 11.5 Å². The first kappa shape index (κ1) is 17.7. The smallest absolute Gasteiger partial charge is 0.338 e. The molecule has 0 spiro atoms. The Labute approximate surface area is 140 Å². The first-order valence-corrected chi connectivity index (χ1v) is 7.73. The number of carbonyl (C=O) groups excluding carboxylic acids is 2. The van der Waals surface area contributed by atoms with Gasteiger partial charge < -0.3 is 25.2 Å². The maximum Gasteiger partial charge on any atom is 0.338 e. The number of rotatable bonds is 5. The van der Waals surface area contributed by atoms with Crippen LogP contribution in [-0.4, -0.2) is 30.3 Å². The van der Waals surface area contributed by atoms with Crippen LogP contribution >= 0.6 is 0 Å². The van der Waals surface area contributed by atoms with Crippen molar-refractivity contribution in [3.63, 3.8) is 0 Å². The molecule has 3 N–H and O–H groups in total. The third kappa shape index (κ3) is 3.61. The van der Waals surface area contributed by atoms with Crippen molar-refractivity contribution in [2.45, 2.75) is 39.3 Å². The normalized spacial score (nSPS) is 18.5. The summed E-state index contributed by atoms with van der Waals surface area (Å²) in [4.78, 5) is 24.3. The number of benzene rings is 1.